The van der Waals surface area contributed by atoms with E-state index in [0.717, 1.165) is 4.31 Å². The number of aromatic hydroxyl groups is 1. The molecule has 5 aromatic rings. The lowest BCUT2D eigenvalue weighted by molar-refractivity contribution is 0.367. The highest BCUT2D eigenvalue weighted by Crippen LogP contribution is 2.41. The molecule has 3 heterocycles. The highest BCUT2D eigenvalue weighted by molar-refractivity contribution is 9.10. The minimum absolute atomic E-state index is 0.0811. The maximum atomic E-state index is 14.2. The predicted octanol–water partition coefficient (Wildman–Crippen LogP) is 5.39. The number of anilines is 1. The molecule has 0 radical (unpaired) electrons. The van der Waals surface area contributed by atoms with Gasteiger partial charge < -0.3 is 15.6 Å². The number of hydrogen-bond acceptors (Lipinski definition) is 8. The highest BCUT2D eigenvalue weighted by Gasteiger charge is 2.40. The average molecular weight is 661 g/mol. The fraction of sp³-hybridized carbons (Fsp3) is 0.148. The molecular weight excluding hydrogens is 641 g/mol. The zero-order valence-electron chi connectivity index (χ0n) is 21.4. The Bertz CT molecular complexity index is 1910. The van der Waals surface area contributed by atoms with Crippen LogP contribution in [0.3, 0.4) is 0 Å². The van der Waals surface area contributed by atoms with Gasteiger partial charge in [0.2, 0.25) is 15.8 Å². The molecule has 10 nitrogen and oxygen atoms in total. The number of para-hydroxylation sites is 1. The second kappa shape index (κ2) is 10.6. The van der Waals surface area contributed by atoms with Crippen LogP contribution in [0.15, 0.2) is 70.3 Å². The molecular formula is C27H20BrF3N6O4S. The summed E-state index contributed by atoms with van der Waals surface area (Å²) in [7, 11) is -4.66. The summed E-state index contributed by atoms with van der Waals surface area (Å²) in [6.07, 6.45) is 1.51. The lowest BCUT2D eigenvalue weighted by Gasteiger charge is -2.19. The smallest absolute Gasteiger partial charge is 0.248 e. The number of nitrogen functional groups attached to an aromatic ring is 1. The molecule has 0 amide bonds. The van der Waals surface area contributed by atoms with Crippen molar-refractivity contribution in [3.05, 3.63) is 82.8 Å². The van der Waals surface area contributed by atoms with E-state index in [1.165, 1.54) is 11.0 Å². The van der Waals surface area contributed by atoms with Gasteiger partial charge >= 0.3 is 0 Å². The van der Waals surface area contributed by atoms with E-state index in [1.807, 2.05) is 30.3 Å². The molecule has 1 fully saturated rings. The van der Waals surface area contributed by atoms with Crippen LogP contribution in [-0.4, -0.2) is 50.7 Å². The van der Waals surface area contributed by atoms with E-state index in [9.17, 15) is 26.7 Å². The number of nitrogens with two attached hydrogens (primary N) is 1. The molecule has 1 aliphatic rings. The quantitative estimate of drug-likeness (QED) is 0.183. The summed E-state index contributed by atoms with van der Waals surface area (Å²) >= 11 is 2.65. The Morgan fingerprint density at radius 3 is 2.38 bits per heavy atom. The van der Waals surface area contributed by atoms with Crippen molar-refractivity contribution < 1.29 is 31.4 Å². The molecule has 1 unspecified atom stereocenters. The summed E-state index contributed by atoms with van der Waals surface area (Å²) in [5.74, 6) is -5.85. The highest BCUT2D eigenvalue weighted by atomic mass is 79.9. The predicted molar refractivity (Wildman–Crippen MR) is 150 cm³/mol. The van der Waals surface area contributed by atoms with Crippen molar-refractivity contribution in [1.29, 1.82) is 0 Å². The van der Waals surface area contributed by atoms with Crippen LogP contribution in [-0.2, 0) is 10.0 Å². The van der Waals surface area contributed by atoms with Crippen molar-refractivity contribution in [2.45, 2.75) is 17.4 Å². The molecule has 3 aromatic carbocycles. The Kier molecular flexibility index (Phi) is 7.03. The van der Waals surface area contributed by atoms with E-state index in [0.29, 0.717) is 33.8 Å². The van der Waals surface area contributed by atoms with Gasteiger partial charge in [0.05, 0.1) is 15.9 Å². The van der Waals surface area contributed by atoms with Gasteiger partial charge in [-0.3, -0.25) is 0 Å². The Morgan fingerprint density at radius 1 is 0.976 bits per heavy atom. The number of fused-ring (bicyclic) bond motifs is 1. The topological polar surface area (TPSA) is 136 Å². The van der Waals surface area contributed by atoms with Crippen LogP contribution in [0, 0.1) is 17.5 Å². The van der Waals surface area contributed by atoms with E-state index in [2.05, 4.69) is 25.9 Å². The van der Waals surface area contributed by atoms with Crippen LogP contribution in [0.4, 0.5) is 19.0 Å². The maximum Gasteiger partial charge on any atom is 0.248 e. The molecule has 15 heteroatoms. The Labute approximate surface area is 245 Å². The first kappa shape index (κ1) is 27.9. The van der Waals surface area contributed by atoms with Gasteiger partial charge in [-0.25, -0.2) is 31.8 Å². The average Bonchev–Trinajstić information content (AvgIpc) is 3.63. The zero-order chi connectivity index (χ0) is 29.8. The monoisotopic (exact) mass is 660 g/mol. The number of hydrogen-bond donors (Lipinski definition) is 2. The molecule has 1 saturated heterocycles. The number of aromatic nitrogens is 4. The van der Waals surface area contributed by atoms with Crippen molar-refractivity contribution >= 4 is 42.8 Å². The Morgan fingerprint density at radius 2 is 1.67 bits per heavy atom. The van der Waals surface area contributed by atoms with Crippen LogP contribution in [0.5, 0.6) is 17.2 Å². The van der Waals surface area contributed by atoms with E-state index < -0.39 is 48.6 Å². The molecule has 6 rings (SSSR count). The molecule has 0 spiro atoms. The van der Waals surface area contributed by atoms with Crippen LogP contribution < -0.4 is 10.5 Å². The minimum Gasteiger partial charge on any atom is -0.504 e. The molecule has 0 aliphatic carbocycles. The Hall–Kier alpha value is -4.21. The Balaban J connectivity index is 1.34. The fourth-order valence-electron chi connectivity index (χ4n) is 4.85. The summed E-state index contributed by atoms with van der Waals surface area (Å²) in [5.41, 5.74) is 7.70. The van der Waals surface area contributed by atoms with E-state index in [1.54, 1.807) is 24.3 Å². The van der Waals surface area contributed by atoms with Gasteiger partial charge in [-0.2, -0.15) is 13.8 Å². The third-order valence-electron chi connectivity index (χ3n) is 6.90. The lowest BCUT2D eigenvalue weighted by atomic mass is 10.1. The first-order chi connectivity index (χ1) is 20.1. The van der Waals surface area contributed by atoms with E-state index >= 15 is 0 Å². The van der Waals surface area contributed by atoms with Gasteiger partial charge in [0.1, 0.15) is 34.2 Å². The molecule has 1 aliphatic heterocycles. The minimum atomic E-state index is -4.66. The second-order valence-electron chi connectivity index (χ2n) is 9.43. The van der Waals surface area contributed by atoms with Gasteiger partial charge in [-0.1, -0.05) is 18.2 Å². The van der Waals surface area contributed by atoms with Crippen molar-refractivity contribution in [3.63, 3.8) is 0 Å². The molecule has 0 bridgehead atoms. The second-order valence-corrected chi connectivity index (χ2v) is 12.1. The number of halogens is 4. The fourth-order valence-corrected chi connectivity index (χ4v) is 7.45. The van der Waals surface area contributed by atoms with Gasteiger partial charge in [0.25, 0.3) is 0 Å². The number of rotatable bonds is 6. The van der Waals surface area contributed by atoms with Crippen molar-refractivity contribution in [1.82, 2.24) is 24.1 Å². The van der Waals surface area contributed by atoms with E-state index in [4.69, 9.17) is 15.6 Å². The van der Waals surface area contributed by atoms with Crippen LogP contribution >= 0.6 is 15.9 Å². The van der Waals surface area contributed by atoms with Gasteiger partial charge in [-0.15, -0.1) is 0 Å². The van der Waals surface area contributed by atoms with Crippen LogP contribution in [0.25, 0.3) is 22.3 Å². The molecule has 0 saturated carbocycles. The number of phenolic OH excluding ortho intramolecular Hbond substituents is 1. The zero-order valence-corrected chi connectivity index (χ0v) is 23.8. The molecule has 42 heavy (non-hydrogen) atoms. The third kappa shape index (κ3) is 4.62. The number of ether oxygens (including phenoxy) is 1. The molecule has 1 atom stereocenters. The van der Waals surface area contributed by atoms with Gasteiger partial charge in [0, 0.05) is 18.7 Å². The van der Waals surface area contributed by atoms with Crippen molar-refractivity contribution in [2.24, 2.45) is 0 Å². The SMILES string of the molecule is Nc1ncnc2c1c(-c1ccc(Oc3ccccc3)cc1)nn2C1CCN(S(=O)(=O)c2c(O)c(F)c(F)c(F)c2Br)C1. The summed E-state index contributed by atoms with van der Waals surface area (Å²) in [6.45, 7) is -0.263. The summed E-state index contributed by atoms with van der Waals surface area (Å²) in [6, 6.07) is 15.8. The molecule has 216 valence electrons. The van der Waals surface area contributed by atoms with Crippen molar-refractivity contribution in [3.8, 4) is 28.5 Å². The van der Waals surface area contributed by atoms with Crippen LogP contribution in [0.1, 0.15) is 12.5 Å². The largest absolute Gasteiger partial charge is 0.504 e. The number of nitrogens with zero attached hydrogens (tertiary/aromatic N) is 5. The summed E-state index contributed by atoms with van der Waals surface area (Å²) < 4.78 is 76.2. The standard InChI is InChI=1S/C27H20BrF3N6O4S/c28-19-20(29)21(30)22(31)24(38)25(19)42(39,40)36-11-10-15(12-36)37-27-18(26(32)33-13-34-27)23(35-37)14-6-8-17(9-7-14)41-16-4-2-1-3-5-16/h1-9,13,15,38H,10-12H2,(H2,32,33,34). The molecule has 3 N–H and O–H groups in total. The van der Waals surface area contributed by atoms with E-state index in [-0.39, 0.29) is 25.3 Å². The third-order valence-corrected chi connectivity index (χ3v) is 9.83. The first-order valence-electron chi connectivity index (χ1n) is 12.4. The van der Waals surface area contributed by atoms with Crippen molar-refractivity contribution in [2.75, 3.05) is 18.8 Å². The lowest BCUT2D eigenvalue weighted by Crippen LogP contribution is -2.30. The summed E-state index contributed by atoms with van der Waals surface area (Å²) in [5, 5.41) is 15.3. The van der Waals surface area contributed by atoms with Crippen LogP contribution in [0.2, 0.25) is 0 Å². The maximum absolute atomic E-state index is 14.2. The van der Waals surface area contributed by atoms with Gasteiger partial charge in [-0.05, 0) is 58.7 Å². The first-order valence-corrected chi connectivity index (χ1v) is 14.7. The number of sulfonamides is 1. The number of phenols is 1. The summed E-state index contributed by atoms with van der Waals surface area (Å²) in [4.78, 5) is 7.33. The molecule has 2 aromatic heterocycles. The normalized spacial score (nSPS) is 15.9. The number of benzene rings is 3. The van der Waals surface area contributed by atoms with Gasteiger partial charge in [0.15, 0.2) is 23.0 Å².